The van der Waals surface area contributed by atoms with Gasteiger partial charge in [-0.15, -0.1) is 0 Å². The molecule has 0 spiro atoms. The summed E-state index contributed by atoms with van der Waals surface area (Å²) in [6, 6.07) is 4.85. The molecular weight excluding hydrogens is 368 g/mol. The molecule has 0 saturated carbocycles. The first-order valence-corrected chi connectivity index (χ1v) is 7.18. The topological polar surface area (TPSA) is 52.6 Å². The molecule has 1 unspecified atom stereocenters. The third kappa shape index (κ3) is 4.42. The molecule has 0 bridgehead atoms. The van der Waals surface area contributed by atoms with Gasteiger partial charge in [-0.25, -0.2) is 0 Å². The molecule has 0 amide bonds. The monoisotopic (exact) mass is 378 g/mol. The normalized spacial score (nSPS) is 11.8. The van der Waals surface area contributed by atoms with Gasteiger partial charge in [-0.1, -0.05) is 31.9 Å². The smallest absolute Gasteiger partial charge is 0.308 e. The van der Waals surface area contributed by atoms with Crippen LogP contribution >= 0.6 is 31.9 Å². The number of rotatable bonds is 4. The van der Waals surface area contributed by atoms with E-state index >= 15 is 0 Å². The summed E-state index contributed by atoms with van der Waals surface area (Å²) in [5, 5.41) is 0.630. The standard InChI is InChI=1S/C12H12Br2O4/c1-7(15)17-9-3-4-12(18-8(2)16)10(5-9)11(14)6-13/h3-5,11H,6H2,1-2H3. The number of alkyl halides is 2. The van der Waals surface area contributed by atoms with Gasteiger partial charge >= 0.3 is 11.9 Å². The lowest BCUT2D eigenvalue weighted by molar-refractivity contribution is -0.133. The molecule has 0 N–H and O–H groups in total. The van der Waals surface area contributed by atoms with Crippen molar-refractivity contribution in [2.24, 2.45) is 0 Å². The zero-order valence-corrected chi connectivity index (χ0v) is 13.1. The number of halogens is 2. The average Bonchev–Trinajstić information content (AvgIpc) is 2.28. The van der Waals surface area contributed by atoms with Gasteiger partial charge in [-0.2, -0.15) is 0 Å². The molecule has 0 aromatic heterocycles. The second kappa shape index (κ2) is 6.89. The molecule has 0 fully saturated rings. The third-order valence-electron chi connectivity index (χ3n) is 1.97. The number of hydrogen-bond donors (Lipinski definition) is 0. The highest BCUT2D eigenvalue weighted by Gasteiger charge is 2.15. The van der Waals surface area contributed by atoms with E-state index in [0.29, 0.717) is 16.8 Å². The molecular formula is C12H12Br2O4. The number of benzene rings is 1. The van der Waals surface area contributed by atoms with Crippen LogP contribution in [0.1, 0.15) is 24.2 Å². The molecule has 1 aromatic carbocycles. The van der Waals surface area contributed by atoms with Crippen LogP contribution in [0.4, 0.5) is 0 Å². The molecule has 6 heteroatoms. The van der Waals surface area contributed by atoms with Crippen molar-refractivity contribution in [3.05, 3.63) is 23.8 Å². The van der Waals surface area contributed by atoms with Crippen LogP contribution in [0.2, 0.25) is 0 Å². The summed E-state index contributed by atoms with van der Waals surface area (Å²) < 4.78 is 10.1. The maximum absolute atomic E-state index is 11.0. The van der Waals surface area contributed by atoms with Gasteiger partial charge in [-0.05, 0) is 18.2 Å². The molecule has 1 aromatic rings. The van der Waals surface area contributed by atoms with Crippen LogP contribution in [0.3, 0.4) is 0 Å². The number of carbonyl (C=O) groups is 2. The summed E-state index contributed by atoms with van der Waals surface area (Å²) >= 11 is 6.78. The van der Waals surface area contributed by atoms with E-state index < -0.39 is 11.9 Å². The van der Waals surface area contributed by atoms with Gasteiger partial charge in [0.15, 0.2) is 0 Å². The quantitative estimate of drug-likeness (QED) is 0.457. The Kier molecular flexibility index (Phi) is 5.81. The van der Waals surface area contributed by atoms with Gasteiger partial charge < -0.3 is 9.47 Å². The van der Waals surface area contributed by atoms with Crippen molar-refractivity contribution in [1.82, 2.24) is 0 Å². The predicted molar refractivity (Wildman–Crippen MR) is 74.5 cm³/mol. The highest BCUT2D eigenvalue weighted by molar-refractivity contribution is 9.12. The first-order valence-electron chi connectivity index (χ1n) is 5.15. The summed E-state index contributed by atoms with van der Waals surface area (Å²) in [6.45, 7) is 2.66. The van der Waals surface area contributed by atoms with Crippen LogP contribution < -0.4 is 9.47 Å². The van der Waals surface area contributed by atoms with E-state index in [1.165, 1.54) is 13.8 Å². The molecule has 1 rings (SSSR count). The van der Waals surface area contributed by atoms with Crippen molar-refractivity contribution in [3.63, 3.8) is 0 Å². The molecule has 1 atom stereocenters. The first-order chi connectivity index (χ1) is 8.43. The number of ether oxygens (including phenoxy) is 2. The Morgan fingerprint density at radius 1 is 1.22 bits per heavy atom. The van der Waals surface area contributed by atoms with Crippen molar-refractivity contribution >= 4 is 43.8 Å². The Morgan fingerprint density at radius 2 is 1.83 bits per heavy atom. The Morgan fingerprint density at radius 3 is 2.33 bits per heavy atom. The molecule has 0 aliphatic carbocycles. The molecule has 0 saturated heterocycles. The summed E-state index contributed by atoms with van der Waals surface area (Å²) in [7, 11) is 0. The number of carbonyl (C=O) groups excluding carboxylic acids is 2. The van der Waals surface area contributed by atoms with E-state index in [2.05, 4.69) is 31.9 Å². The Bertz CT molecular complexity index is 459. The van der Waals surface area contributed by atoms with Gasteiger partial charge in [0.25, 0.3) is 0 Å². The highest BCUT2D eigenvalue weighted by atomic mass is 79.9. The van der Waals surface area contributed by atoms with Gasteiger partial charge in [0.2, 0.25) is 0 Å². The Labute approximate surface area is 122 Å². The minimum atomic E-state index is -0.397. The average molecular weight is 380 g/mol. The summed E-state index contributed by atoms with van der Waals surface area (Å²) in [4.78, 5) is 21.8. The van der Waals surface area contributed by atoms with Crippen LogP contribution in [0.25, 0.3) is 0 Å². The van der Waals surface area contributed by atoms with Crippen molar-refractivity contribution in [2.45, 2.75) is 18.7 Å². The molecule has 4 nitrogen and oxygen atoms in total. The first kappa shape index (κ1) is 15.2. The van der Waals surface area contributed by atoms with Crippen molar-refractivity contribution < 1.29 is 19.1 Å². The molecule has 0 aliphatic rings. The minimum Gasteiger partial charge on any atom is -0.427 e. The lowest BCUT2D eigenvalue weighted by Crippen LogP contribution is -2.07. The van der Waals surface area contributed by atoms with Crippen molar-refractivity contribution in [2.75, 3.05) is 5.33 Å². The zero-order valence-electron chi connectivity index (χ0n) is 9.91. The maximum Gasteiger partial charge on any atom is 0.308 e. The van der Waals surface area contributed by atoms with Crippen LogP contribution in [0.5, 0.6) is 11.5 Å². The summed E-state index contributed by atoms with van der Waals surface area (Å²) in [5.74, 6) is 0.0652. The van der Waals surface area contributed by atoms with E-state index in [0.717, 1.165) is 5.56 Å². The molecule has 0 heterocycles. The lowest BCUT2D eigenvalue weighted by atomic mass is 10.1. The van der Waals surface area contributed by atoms with Gasteiger partial charge in [0, 0.05) is 24.7 Å². The van der Waals surface area contributed by atoms with Crippen LogP contribution in [0.15, 0.2) is 18.2 Å². The molecule has 18 heavy (non-hydrogen) atoms. The predicted octanol–water partition coefficient (Wildman–Crippen LogP) is 3.37. The molecule has 0 aliphatic heterocycles. The largest absolute Gasteiger partial charge is 0.427 e. The maximum atomic E-state index is 11.0. The summed E-state index contributed by atoms with van der Waals surface area (Å²) in [6.07, 6.45) is 0. The van der Waals surface area contributed by atoms with Crippen molar-refractivity contribution in [3.8, 4) is 11.5 Å². The second-order valence-electron chi connectivity index (χ2n) is 3.51. The van der Waals surface area contributed by atoms with Gasteiger partial charge in [-0.3, -0.25) is 9.59 Å². The van der Waals surface area contributed by atoms with Gasteiger partial charge in [0.1, 0.15) is 11.5 Å². The third-order valence-corrected chi connectivity index (χ3v) is 4.30. The lowest BCUT2D eigenvalue weighted by Gasteiger charge is -2.13. The Hall–Kier alpha value is -0.880. The fourth-order valence-corrected chi connectivity index (χ4v) is 2.04. The number of hydrogen-bond acceptors (Lipinski definition) is 4. The Balaban J connectivity index is 3.11. The fourth-order valence-electron chi connectivity index (χ4n) is 1.33. The fraction of sp³-hybridized carbons (Fsp3) is 0.333. The van der Waals surface area contributed by atoms with E-state index in [9.17, 15) is 9.59 Å². The van der Waals surface area contributed by atoms with Crippen molar-refractivity contribution in [1.29, 1.82) is 0 Å². The SMILES string of the molecule is CC(=O)Oc1ccc(OC(C)=O)c(C(Br)CBr)c1. The van der Waals surface area contributed by atoms with E-state index in [1.807, 2.05) is 0 Å². The number of esters is 2. The summed E-state index contributed by atoms with van der Waals surface area (Å²) in [5.41, 5.74) is 0.737. The van der Waals surface area contributed by atoms with Gasteiger partial charge in [0.05, 0.1) is 4.83 Å². The zero-order chi connectivity index (χ0) is 13.7. The van der Waals surface area contributed by atoms with E-state index in [-0.39, 0.29) is 4.83 Å². The van der Waals surface area contributed by atoms with Crippen LogP contribution in [0, 0.1) is 0 Å². The van der Waals surface area contributed by atoms with Crippen LogP contribution in [-0.4, -0.2) is 17.3 Å². The van der Waals surface area contributed by atoms with E-state index in [1.54, 1.807) is 18.2 Å². The van der Waals surface area contributed by atoms with Crippen LogP contribution in [-0.2, 0) is 9.59 Å². The second-order valence-corrected chi connectivity index (χ2v) is 5.26. The van der Waals surface area contributed by atoms with E-state index in [4.69, 9.17) is 9.47 Å². The minimum absolute atomic E-state index is 0.0534. The molecule has 0 radical (unpaired) electrons. The molecule has 98 valence electrons. The highest BCUT2D eigenvalue weighted by Crippen LogP contribution is 2.35.